The molecule has 0 spiro atoms. The first-order valence-electron chi connectivity index (χ1n) is 10.0. The Bertz CT molecular complexity index is 845. The highest BCUT2D eigenvalue weighted by atomic mass is 16.5. The van der Waals surface area contributed by atoms with Crippen LogP contribution >= 0.6 is 0 Å². The van der Waals surface area contributed by atoms with Crippen LogP contribution < -0.4 is 20.1 Å². The highest BCUT2D eigenvalue weighted by molar-refractivity contribution is 6.05. The molecular formula is C23H28N2O4. The molecule has 0 unspecified atom stereocenters. The fraction of sp³-hybridized carbons (Fsp3) is 0.391. The minimum atomic E-state index is -0.250. The monoisotopic (exact) mass is 396 g/mol. The Morgan fingerprint density at radius 1 is 0.897 bits per heavy atom. The van der Waals surface area contributed by atoms with Crippen molar-refractivity contribution in [2.45, 2.75) is 38.5 Å². The van der Waals surface area contributed by atoms with Crippen LogP contribution in [0.3, 0.4) is 0 Å². The number of carbonyl (C=O) groups is 2. The maximum atomic E-state index is 12.5. The fourth-order valence-corrected chi connectivity index (χ4v) is 3.73. The molecule has 154 valence electrons. The highest BCUT2D eigenvalue weighted by Gasteiger charge is 2.20. The number of ether oxygens (including phenoxy) is 2. The average molecular weight is 396 g/mol. The topological polar surface area (TPSA) is 76.7 Å². The number of hydrogen-bond donors (Lipinski definition) is 2. The zero-order valence-corrected chi connectivity index (χ0v) is 17.0. The second-order valence-corrected chi connectivity index (χ2v) is 7.33. The van der Waals surface area contributed by atoms with Gasteiger partial charge in [-0.3, -0.25) is 9.59 Å². The second-order valence-electron chi connectivity index (χ2n) is 7.33. The smallest absolute Gasteiger partial charge is 0.255 e. The summed E-state index contributed by atoms with van der Waals surface area (Å²) < 4.78 is 10.9. The molecule has 3 rings (SSSR count). The number of benzene rings is 2. The van der Waals surface area contributed by atoms with E-state index in [0.29, 0.717) is 40.8 Å². The van der Waals surface area contributed by atoms with Crippen LogP contribution in [0.5, 0.6) is 11.5 Å². The predicted molar refractivity (Wildman–Crippen MR) is 114 cm³/mol. The van der Waals surface area contributed by atoms with Crippen LogP contribution in [0.1, 0.15) is 48.9 Å². The Hall–Kier alpha value is -3.02. The second kappa shape index (κ2) is 9.96. The summed E-state index contributed by atoms with van der Waals surface area (Å²) in [4.78, 5) is 25.0. The molecule has 0 saturated heterocycles. The summed E-state index contributed by atoms with van der Waals surface area (Å²) in [6.07, 6.45) is 6.39. The van der Waals surface area contributed by atoms with E-state index in [4.69, 9.17) is 9.47 Å². The SMILES string of the molecule is COc1cc(NC(=O)c2ccccc2)c(OC)cc1NC(=O)CC1CCCCC1. The van der Waals surface area contributed by atoms with Gasteiger partial charge in [-0.2, -0.15) is 0 Å². The zero-order chi connectivity index (χ0) is 20.6. The quantitative estimate of drug-likeness (QED) is 0.700. The van der Waals surface area contributed by atoms with E-state index < -0.39 is 0 Å². The Labute approximate surface area is 171 Å². The summed E-state index contributed by atoms with van der Waals surface area (Å²) in [7, 11) is 3.05. The number of hydrogen-bond acceptors (Lipinski definition) is 4. The van der Waals surface area contributed by atoms with Crippen molar-refractivity contribution < 1.29 is 19.1 Å². The molecule has 29 heavy (non-hydrogen) atoms. The molecule has 1 aliphatic carbocycles. The van der Waals surface area contributed by atoms with Gasteiger partial charge in [-0.15, -0.1) is 0 Å². The average Bonchev–Trinajstić information content (AvgIpc) is 2.75. The van der Waals surface area contributed by atoms with Crippen molar-refractivity contribution >= 4 is 23.2 Å². The van der Waals surface area contributed by atoms with Crippen molar-refractivity contribution in [1.82, 2.24) is 0 Å². The Morgan fingerprint density at radius 3 is 2.07 bits per heavy atom. The molecule has 2 N–H and O–H groups in total. The van der Waals surface area contributed by atoms with Gasteiger partial charge in [0.1, 0.15) is 11.5 Å². The van der Waals surface area contributed by atoms with Gasteiger partial charge < -0.3 is 20.1 Å². The van der Waals surface area contributed by atoms with Gasteiger partial charge >= 0.3 is 0 Å². The van der Waals surface area contributed by atoms with E-state index in [2.05, 4.69) is 10.6 Å². The summed E-state index contributed by atoms with van der Waals surface area (Å²) in [5.41, 5.74) is 1.55. The molecule has 2 amide bonds. The lowest BCUT2D eigenvalue weighted by molar-refractivity contribution is -0.117. The summed E-state index contributed by atoms with van der Waals surface area (Å²) in [5.74, 6) is 1.08. The van der Waals surface area contributed by atoms with Crippen LogP contribution in [0.2, 0.25) is 0 Å². The van der Waals surface area contributed by atoms with Gasteiger partial charge in [0, 0.05) is 24.1 Å². The maximum absolute atomic E-state index is 12.5. The predicted octanol–water partition coefficient (Wildman–Crippen LogP) is 4.87. The summed E-state index contributed by atoms with van der Waals surface area (Å²) in [6.45, 7) is 0. The lowest BCUT2D eigenvalue weighted by atomic mass is 9.87. The molecule has 0 heterocycles. The van der Waals surface area contributed by atoms with Crippen molar-refractivity contribution in [1.29, 1.82) is 0 Å². The van der Waals surface area contributed by atoms with Crippen LogP contribution in [0, 0.1) is 5.92 Å². The zero-order valence-electron chi connectivity index (χ0n) is 17.0. The van der Waals surface area contributed by atoms with Crippen molar-refractivity contribution in [3.63, 3.8) is 0 Å². The summed E-state index contributed by atoms with van der Waals surface area (Å²) >= 11 is 0. The maximum Gasteiger partial charge on any atom is 0.255 e. The molecule has 2 aromatic rings. The fourth-order valence-electron chi connectivity index (χ4n) is 3.73. The third kappa shape index (κ3) is 5.50. The van der Waals surface area contributed by atoms with Crippen LogP contribution in [0.15, 0.2) is 42.5 Å². The van der Waals surface area contributed by atoms with Gasteiger partial charge in [-0.25, -0.2) is 0 Å². The third-order valence-electron chi connectivity index (χ3n) is 5.28. The van der Waals surface area contributed by atoms with E-state index in [0.717, 1.165) is 12.8 Å². The van der Waals surface area contributed by atoms with Crippen LogP contribution in [0.4, 0.5) is 11.4 Å². The number of carbonyl (C=O) groups excluding carboxylic acids is 2. The van der Waals surface area contributed by atoms with E-state index in [1.807, 2.05) is 6.07 Å². The summed E-state index contributed by atoms with van der Waals surface area (Å²) in [5, 5.41) is 5.78. The van der Waals surface area contributed by atoms with Gasteiger partial charge in [0.25, 0.3) is 5.91 Å². The minimum absolute atomic E-state index is 0.0293. The van der Waals surface area contributed by atoms with Crippen LogP contribution in [-0.2, 0) is 4.79 Å². The Kier molecular flexibility index (Phi) is 7.11. The van der Waals surface area contributed by atoms with E-state index in [-0.39, 0.29) is 11.8 Å². The number of anilines is 2. The van der Waals surface area contributed by atoms with Crippen molar-refractivity contribution in [3.05, 3.63) is 48.0 Å². The first kappa shape index (κ1) is 20.7. The number of amides is 2. The van der Waals surface area contributed by atoms with Crippen LogP contribution in [0.25, 0.3) is 0 Å². The third-order valence-corrected chi connectivity index (χ3v) is 5.28. The normalized spacial score (nSPS) is 14.1. The molecule has 0 aromatic heterocycles. The highest BCUT2D eigenvalue weighted by Crippen LogP contribution is 2.37. The molecule has 1 aliphatic rings. The van der Waals surface area contributed by atoms with Gasteiger partial charge in [0.15, 0.2) is 0 Å². The van der Waals surface area contributed by atoms with Gasteiger partial charge in [0.2, 0.25) is 5.91 Å². The molecule has 0 atom stereocenters. The van der Waals surface area contributed by atoms with Gasteiger partial charge in [-0.1, -0.05) is 37.5 Å². The van der Waals surface area contributed by atoms with Gasteiger partial charge in [0.05, 0.1) is 25.6 Å². The van der Waals surface area contributed by atoms with E-state index in [1.54, 1.807) is 36.4 Å². The van der Waals surface area contributed by atoms with Gasteiger partial charge in [-0.05, 0) is 30.9 Å². The molecular weight excluding hydrogens is 368 g/mol. The van der Waals surface area contributed by atoms with E-state index in [9.17, 15) is 9.59 Å². The standard InChI is InChI=1S/C23H28N2O4/c1-28-20-15-19(25-23(27)17-11-7-4-8-12-17)21(29-2)14-18(20)24-22(26)13-16-9-5-3-6-10-16/h4,7-8,11-12,14-16H,3,5-6,9-10,13H2,1-2H3,(H,24,26)(H,25,27). The molecule has 6 nitrogen and oxygen atoms in total. The first-order chi connectivity index (χ1) is 14.1. The molecule has 1 saturated carbocycles. The number of rotatable bonds is 7. The van der Waals surface area contributed by atoms with E-state index >= 15 is 0 Å². The minimum Gasteiger partial charge on any atom is -0.494 e. The molecule has 1 fully saturated rings. The van der Waals surface area contributed by atoms with Crippen LogP contribution in [-0.4, -0.2) is 26.0 Å². The van der Waals surface area contributed by atoms with Crippen molar-refractivity contribution in [2.75, 3.05) is 24.9 Å². The van der Waals surface area contributed by atoms with Crippen molar-refractivity contribution in [3.8, 4) is 11.5 Å². The largest absolute Gasteiger partial charge is 0.494 e. The Morgan fingerprint density at radius 2 is 1.48 bits per heavy atom. The molecule has 0 radical (unpaired) electrons. The lowest BCUT2D eigenvalue weighted by Crippen LogP contribution is -2.19. The Balaban J connectivity index is 1.75. The lowest BCUT2D eigenvalue weighted by Gasteiger charge is -2.21. The number of methoxy groups -OCH3 is 2. The molecule has 2 aromatic carbocycles. The molecule has 0 aliphatic heterocycles. The number of nitrogens with one attached hydrogen (secondary N) is 2. The summed E-state index contributed by atoms with van der Waals surface area (Å²) in [6, 6.07) is 12.3. The molecule has 0 bridgehead atoms. The van der Waals surface area contributed by atoms with E-state index in [1.165, 1.54) is 33.5 Å². The van der Waals surface area contributed by atoms with Crippen molar-refractivity contribution in [2.24, 2.45) is 5.92 Å². The first-order valence-corrected chi connectivity index (χ1v) is 10.0. The molecule has 6 heteroatoms.